The van der Waals surface area contributed by atoms with Crippen LogP contribution in [-0.4, -0.2) is 55.1 Å². The molecule has 7 heteroatoms. The van der Waals surface area contributed by atoms with Crippen LogP contribution in [0.4, 0.5) is 4.79 Å². The molecule has 158 valence electrons. The number of allylic oxidation sites excluding steroid dienone is 1. The zero-order chi connectivity index (χ0) is 20.6. The Kier molecular flexibility index (Phi) is 8.33. The third-order valence-corrected chi connectivity index (χ3v) is 5.61. The number of carbonyl (C=O) groups is 3. The lowest BCUT2D eigenvalue weighted by atomic mass is 9.89. The van der Waals surface area contributed by atoms with Gasteiger partial charge < -0.3 is 20.3 Å². The number of nitrogens with zero attached hydrogens (tertiary/aromatic N) is 1. The highest BCUT2D eigenvalue weighted by atomic mass is 16.6. The van der Waals surface area contributed by atoms with E-state index in [-0.39, 0.29) is 23.9 Å². The van der Waals surface area contributed by atoms with Crippen LogP contribution in [0.2, 0.25) is 0 Å². The Bertz CT molecular complexity index is 592. The van der Waals surface area contributed by atoms with Crippen LogP contribution in [0.5, 0.6) is 0 Å². The summed E-state index contributed by atoms with van der Waals surface area (Å²) in [6, 6.07) is -0.0300. The minimum atomic E-state index is -1.13. The molecule has 0 saturated carbocycles. The van der Waals surface area contributed by atoms with E-state index in [9.17, 15) is 14.4 Å². The molecule has 0 atom stereocenters. The predicted octanol–water partition coefficient (Wildman–Crippen LogP) is 2.76. The van der Waals surface area contributed by atoms with E-state index in [0.29, 0.717) is 39.1 Å². The smallest absolute Gasteiger partial charge is 0.409 e. The van der Waals surface area contributed by atoms with Gasteiger partial charge in [-0.15, -0.1) is 0 Å². The third-order valence-electron chi connectivity index (χ3n) is 5.61. The Labute approximate surface area is 168 Å². The van der Waals surface area contributed by atoms with Crippen molar-refractivity contribution in [3.05, 3.63) is 11.6 Å². The van der Waals surface area contributed by atoms with Gasteiger partial charge >= 0.3 is 6.09 Å². The van der Waals surface area contributed by atoms with Gasteiger partial charge in [0.25, 0.3) is 0 Å². The average Bonchev–Trinajstić information content (AvgIpc) is 2.69. The first-order valence-corrected chi connectivity index (χ1v) is 10.5. The monoisotopic (exact) mass is 393 g/mol. The molecule has 3 amide bonds. The van der Waals surface area contributed by atoms with E-state index in [1.54, 1.807) is 25.7 Å². The maximum atomic E-state index is 12.7. The zero-order valence-electron chi connectivity index (χ0n) is 17.5. The Morgan fingerprint density at radius 1 is 1.18 bits per heavy atom. The molecule has 1 saturated heterocycles. The van der Waals surface area contributed by atoms with E-state index < -0.39 is 5.41 Å². The number of likely N-dealkylation sites (tertiary alicyclic amines) is 1. The minimum absolute atomic E-state index is 0.0300. The van der Waals surface area contributed by atoms with E-state index in [0.717, 1.165) is 19.3 Å². The molecule has 0 aromatic carbocycles. The molecular weight excluding hydrogens is 358 g/mol. The molecule has 2 rings (SSSR count). The molecule has 1 aliphatic heterocycles. The maximum absolute atomic E-state index is 12.7. The largest absolute Gasteiger partial charge is 0.450 e. The van der Waals surface area contributed by atoms with Crippen LogP contribution in [0, 0.1) is 5.41 Å². The summed E-state index contributed by atoms with van der Waals surface area (Å²) >= 11 is 0. The lowest BCUT2D eigenvalue weighted by Gasteiger charge is -2.33. The number of carbonyl (C=O) groups excluding carboxylic acids is 3. The summed E-state index contributed by atoms with van der Waals surface area (Å²) < 4.78 is 5.01. The molecule has 0 bridgehead atoms. The Hall–Kier alpha value is -2.05. The Balaban J connectivity index is 1.74. The summed E-state index contributed by atoms with van der Waals surface area (Å²) in [7, 11) is 0. The quantitative estimate of drug-likeness (QED) is 0.514. The van der Waals surface area contributed by atoms with E-state index in [2.05, 4.69) is 16.7 Å². The number of amides is 3. The zero-order valence-corrected chi connectivity index (χ0v) is 17.5. The predicted molar refractivity (Wildman–Crippen MR) is 108 cm³/mol. The average molecular weight is 394 g/mol. The van der Waals surface area contributed by atoms with Gasteiger partial charge in [-0.1, -0.05) is 11.6 Å². The van der Waals surface area contributed by atoms with Crippen LogP contribution in [0.15, 0.2) is 11.6 Å². The lowest BCUT2D eigenvalue weighted by molar-refractivity contribution is -0.141. The van der Waals surface area contributed by atoms with Crippen LogP contribution in [0.25, 0.3) is 0 Å². The standard InChI is InChI=1S/C21H35N3O4/c1-4-28-20(27)24-14-11-17(12-15-24)23-19(26)21(2,3)18(25)22-13-10-16-8-6-5-7-9-16/h8,17H,4-7,9-15H2,1-3H3,(H,22,25)(H,23,26). The van der Waals surface area contributed by atoms with Gasteiger partial charge in [-0.3, -0.25) is 9.59 Å². The first kappa shape index (κ1) is 22.2. The van der Waals surface area contributed by atoms with Crippen molar-refractivity contribution in [2.45, 2.75) is 71.8 Å². The van der Waals surface area contributed by atoms with Gasteiger partial charge in [0.15, 0.2) is 0 Å². The molecule has 1 fully saturated rings. The second kappa shape index (κ2) is 10.5. The molecule has 0 radical (unpaired) electrons. The molecule has 1 aliphatic carbocycles. The summed E-state index contributed by atoms with van der Waals surface area (Å²) in [6.45, 7) is 7.12. The van der Waals surface area contributed by atoms with E-state index in [1.165, 1.54) is 18.4 Å². The van der Waals surface area contributed by atoms with Gasteiger partial charge in [0.2, 0.25) is 11.8 Å². The number of hydrogen-bond acceptors (Lipinski definition) is 4. The van der Waals surface area contributed by atoms with E-state index in [4.69, 9.17) is 4.74 Å². The molecular formula is C21H35N3O4. The first-order chi connectivity index (χ1) is 13.3. The summed E-state index contributed by atoms with van der Waals surface area (Å²) in [4.78, 5) is 38.6. The van der Waals surface area contributed by atoms with E-state index >= 15 is 0 Å². The van der Waals surface area contributed by atoms with Gasteiger partial charge in [-0.05, 0) is 65.7 Å². The van der Waals surface area contributed by atoms with Crippen LogP contribution >= 0.6 is 0 Å². The second-order valence-electron chi connectivity index (χ2n) is 8.17. The molecule has 0 unspecified atom stereocenters. The number of nitrogens with one attached hydrogen (secondary N) is 2. The fraction of sp³-hybridized carbons (Fsp3) is 0.762. The molecule has 1 heterocycles. The van der Waals surface area contributed by atoms with Crippen molar-refractivity contribution < 1.29 is 19.1 Å². The molecule has 2 aliphatic rings. The van der Waals surface area contributed by atoms with Gasteiger partial charge in [-0.2, -0.15) is 0 Å². The second-order valence-corrected chi connectivity index (χ2v) is 8.17. The van der Waals surface area contributed by atoms with Crippen molar-refractivity contribution in [2.24, 2.45) is 5.41 Å². The van der Waals surface area contributed by atoms with Gasteiger partial charge in [0.05, 0.1) is 6.61 Å². The van der Waals surface area contributed by atoms with Crippen molar-refractivity contribution in [3.8, 4) is 0 Å². The van der Waals surface area contributed by atoms with Gasteiger partial charge in [0.1, 0.15) is 5.41 Å². The SMILES string of the molecule is CCOC(=O)N1CCC(NC(=O)C(C)(C)C(=O)NCCC2=CCCCC2)CC1. The minimum Gasteiger partial charge on any atom is -0.450 e. The number of piperidine rings is 1. The highest BCUT2D eigenvalue weighted by Gasteiger charge is 2.37. The van der Waals surface area contributed by atoms with Crippen LogP contribution in [0.3, 0.4) is 0 Å². The van der Waals surface area contributed by atoms with Crippen molar-refractivity contribution >= 4 is 17.9 Å². The van der Waals surface area contributed by atoms with Crippen LogP contribution in [-0.2, 0) is 14.3 Å². The van der Waals surface area contributed by atoms with Crippen LogP contribution < -0.4 is 10.6 Å². The fourth-order valence-electron chi connectivity index (χ4n) is 3.58. The summed E-state index contributed by atoms with van der Waals surface area (Å²) in [5, 5.41) is 5.90. The molecule has 2 N–H and O–H groups in total. The van der Waals surface area contributed by atoms with Crippen molar-refractivity contribution in [1.82, 2.24) is 15.5 Å². The Morgan fingerprint density at radius 3 is 2.50 bits per heavy atom. The third kappa shape index (κ3) is 6.24. The highest BCUT2D eigenvalue weighted by Crippen LogP contribution is 2.21. The topological polar surface area (TPSA) is 87.7 Å². The van der Waals surface area contributed by atoms with Crippen molar-refractivity contribution in [1.29, 1.82) is 0 Å². The van der Waals surface area contributed by atoms with Gasteiger partial charge in [-0.25, -0.2) is 4.79 Å². The number of rotatable bonds is 7. The van der Waals surface area contributed by atoms with Crippen molar-refractivity contribution in [2.75, 3.05) is 26.2 Å². The normalized spacial score (nSPS) is 18.2. The molecule has 7 nitrogen and oxygen atoms in total. The van der Waals surface area contributed by atoms with Crippen molar-refractivity contribution in [3.63, 3.8) is 0 Å². The molecule has 0 aromatic heterocycles. The Morgan fingerprint density at radius 2 is 1.89 bits per heavy atom. The number of hydrogen-bond donors (Lipinski definition) is 2. The lowest BCUT2D eigenvalue weighted by Crippen LogP contribution is -2.53. The fourth-order valence-corrected chi connectivity index (χ4v) is 3.58. The first-order valence-electron chi connectivity index (χ1n) is 10.5. The summed E-state index contributed by atoms with van der Waals surface area (Å²) in [5.74, 6) is -0.512. The number of ether oxygens (including phenoxy) is 1. The summed E-state index contributed by atoms with van der Waals surface area (Å²) in [5.41, 5.74) is 0.279. The van der Waals surface area contributed by atoms with Crippen LogP contribution in [0.1, 0.15) is 65.7 Å². The summed E-state index contributed by atoms with van der Waals surface area (Å²) in [6.07, 6.45) is 8.87. The van der Waals surface area contributed by atoms with Gasteiger partial charge in [0, 0.05) is 25.7 Å². The molecule has 0 aromatic rings. The molecule has 28 heavy (non-hydrogen) atoms. The molecule has 0 spiro atoms. The maximum Gasteiger partial charge on any atom is 0.409 e. The van der Waals surface area contributed by atoms with E-state index in [1.807, 2.05) is 0 Å². The highest BCUT2D eigenvalue weighted by molar-refractivity contribution is 6.04.